The highest BCUT2D eigenvalue weighted by molar-refractivity contribution is 6.21. The lowest BCUT2D eigenvalue weighted by Gasteiger charge is -2.12. The molecule has 2 amide bonds. The summed E-state index contributed by atoms with van der Waals surface area (Å²) < 4.78 is 40.2. The lowest BCUT2D eigenvalue weighted by Crippen LogP contribution is -2.32. The van der Waals surface area contributed by atoms with Crippen LogP contribution in [0.1, 0.15) is 36.8 Å². The number of rotatable bonds is 3. The van der Waals surface area contributed by atoms with Gasteiger partial charge >= 0.3 is 12.1 Å². The van der Waals surface area contributed by atoms with Gasteiger partial charge in [0.15, 0.2) is 5.69 Å². The molecular weight excluding hydrogens is 393 g/mol. The normalized spacial score (nSPS) is 13.6. The van der Waals surface area contributed by atoms with Crippen LogP contribution < -0.4 is 0 Å². The van der Waals surface area contributed by atoms with Crippen LogP contribution in [0.4, 0.5) is 13.2 Å². The van der Waals surface area contributed by atoms with Gasteiger partial charge in [-0.05, 0) is 24.3 Å². The monoisotopic (exact) mass is 402 g/mol. The zero-order valence-corrected chi connectivity index (χ0v) is 14.3. The molecule has 2 heterocycles. The van der Waals surface area contributed by atoms with Crippen LogP contribution in [0.2, 0.25) is 0 Å². The van der Waals surface area contributed by atoms with Crippen molar-refractivity contribution in [2.75, 3.05) is 0 Å². The summed E-state index contributed by atoms with van der Waals surface area (Å²) in [5, 5.41) is 7.26. The molecular formula is C18H9F3N4O4. The van der Waals surface area contributed by atoms with Crippen molar-refractivity contribution < 1.29 is 32.4 Å². The minimum Gasteiger partial charge on any atom is -0.322 e. The molecule has 0 N–H and O–H groups in total. The molecule has 0 atom stereocenters. The van der Waals surface area contributed by atoms with E-state index in [1.54, 1.807) is 12.1 Å². The molecule has 0 saturated heterocycles. The number of hydrogen-bond donors (Lipinski definition) is 0. The van der Waals surface area contributed by atoms with Crippen LogP contribution in [0, 0.1) is 0 Å². The zero-order chi connectivity index (χ0) is 20.8. The van der Waals surface area contributed by atoms with Crippen LogP contribution in [-0.4, -0.2) is 37.8 Å². The van der Waals surface area contributed by atoms with E-state index < -0.39 is 35.2 Å². The average molecular weight is 402 g/mol. The first kappa shape index (κ1) is 18.3. The maximum Gasteiger partial charge on any atom is 0.418 e. The van der Waals surface area contributed by atoms with Gasteiger partial charge in [-0.25, -0.2) is 9.48 Å². The van der Waals surface area contributed by atoms with Gasteiger partial charge in [0, 0.05) is 0 Å². The first-order valence-electron chi connectivity index (χ1n) is 8.06. The number of alkyl halides is 3. The number of carbonyl (C=O) groups excluding carboxylic acids is 3. The lowest BCUT2D eigenvalue weighted by molar-refractivity contribution is -0.137. The minimum absolute atomic E-state index is 0.0630. The smallest absolute Gasteiger partial charge is 0.322 e. The molecule has 0 unspecified atom stereocenters. The molecule has 3 aromatic rings. The molecule has 2 aromatic carbocycles. The van der Waals surface area contributed by atoms with Gasteiger partial charge in [-0.2, -0.15) is 13.2 Å². The van der Waals surface area contributed by atoms with Gasteiger partial charge in [-0.1, -0.05) is 34.5 Å². The van der Waals surface area contributed by atoms with Crippen LogP contribution in [0.25, 0.3) is 5.69 Å². The third-order valence-corrected chi connectivity index (χ3v) is 4.09. The second-order valence-electron chi connectivity index (χ2n) is 5.89. The van der Waals surface area contributed by atoms with Crippen molar-refractivity contribution in [2.24, 2.45) is 0 Å². The number of carbonyl (C=O) groups is 3. The molecule has 29 heavy (non-hydrogen) atoms. The molecule has 146 valence electrons. The van der Waals surface area contributed by atoms with Crippen molar-refractivity contribution in [3.05, 3.63) is 77.1 Å². The fourth-order valence-corrected chi connectivity index (χ4v) is 2.77. The molecule has 1 aromatic heterocycles. The predicted molar refractivity (Wildman–Crippen MR) is 88.7 cm³/mol. The van der Waals surface area contributed by atoms with Crippen molar-refractivity contribution in [3.63, 3.8) is 0 Å². The molecule has 0 fully saturated rings. The molecule has 8 nitrogen and oxygen atoms in total. The van der Waals surface area contributed by atoms with Crippen LogP contribution >= 0.6 is 0 Å². The van der Waals surface area contributed by atoms with E-state index >= 15 is 0 Å². The molecule has 0 radical (unpaired) electrons. The van der Waals surface area contributed by atoms with Crippen molar-refractivity contribution in [3.8, 4) is 5.69 Å². The average Bonchev–Trinajstić information content (AvgIpc) is 3.28. The van der Waals surface area contributed by atoms with Gasteiger partial charge < -0.3 is 4.84 Å². The molecule has 0 bridgehead atoms. The number of halogens is 3. The van der Waals surface area contributed by atoms with E-state index in [0.717, 1.165) is 23.0 Å². The number of para-hydroxylation sites is 1. The summed E-state index contributed by atoms with van der Waals surface area (Å²) in [5.41, 5.74) is -1.70. The second-order valence-corrected chi connectivity index (χ2v) is 5.89. The van der Waals surface area contributed by atoms with Crippen molar-refractivity contribution in [1.82, 2.24) is 20.1 Å². The first-order chi connectivity index (χ1) is 13.8. The number of aromatic nitrogens is 3. The Morgan fingerprint density at radius 3 is 2.14 bits per heavy atom. The van der Waals surface area contributed by atoms with Gasteiger partial charge in [0.2, 0.25) is 0 Å². The van der Waals surface area contributed by atoms with E-state index in [2.05, 4.69) is 10.3 Å². The number of fused-ring (bicyclic) bond motifs is 1. The number of benzene rings is 2. The largest absolute Gasteiger partial charge is 0.418 e. The number of amides is 2. The Balaban J connectivity index is 1.58. The quantitative estimate of drug-likeness (QED) is 0.626. The molecule has 0 spiro atoms. The van der Waals surface area contributed by atoms with Gasteiger partial charge in [0.1, 0.15) is 0 Å². The van der Waals surface area contributed by atoms with Crippen LogP contribution in [-0.2, 0) is 11.0 Å². The van der Waals surface area contributed by atoms with E-state index in [9.17, 15) is 27.6 Å². The minimum atomic E-state index is -4.65. The molecule has 1 aliphatic rings. The zero-order valence-electron chi connectivity index (χ0n) is 14.3. The molecule has 4 rings (SSSR count). The Morgan fingerprint density at radius 2 is 1.52 bits per heavy atom. The fourth-order valence-electron chi connectivity index (χ4n) is 2.77. The maximum atomic E-state index is 13.2. The lowest BCUT2D eigenvalue weighted by atomic mass is 10.1. The van der Waals surface area contributed by atoms with E-state index in [1.165, 1.54) is 24.3 Å². The number of hydroxylamine groups is 2. The van der Waals surface area contributed by atoms with E-state index in [4.69, 9.17) is 4.84 Å². The predicted octanol–water partition coefficient (Wildman–Crippen LogP) is 2.65. The van der Waals surface area contributed by atoms with Crippen molar-refractivity contribution >= 4 is 17.8 Å². The van der Waals surface area contributed by atoms with E-state index in [0.29, 0.717) is 0 Å². The molecule has 11 heteroatoms. The second kappa shape index (κ2) is 6.55. The third kappa shape index (κ3) is 3.12. The Morgan fingerprint density at radius 1 is 0.931 bits per heavy atom. The summed E-state index contributed by atoms with van der Waals surface area (Å²) >= 11 is 0. The van der Waals surface area contributed by atoms with E-state index in [1.807, 2.05) is 0 Å². The van der Waals surface area contributed by atoms with Crippen molar-refractivity contribution in [2.45, 2.75) is 6.18 Å². The van der Waals surface area contributed by atoms with Crippen LogP contribution in [0.15, 0.2) is 54.7 Å². The van der Waals surface area contributed by atoms with Crippen LogP contribution in [0.3, 0.4) is 0 Å². The van der Waals surface area contributed by atoms with Gasteiger partial charge in [-0.3, -0.25) is 9.59 Å². The van der Waals surface area contributed by atoms with E-state index in [-0.39, 0.29) is 21.9 Å². The Bertz CT molecular complexity index is 1120. The topological polar surface area (TPSA) is 94.4 Å². The Hall–Kier alpha value is -4.02. The number of imide groups is 1. The highest BCUT2D eigenvalue weighted by Crippen LogP contribution is 2.33. The summed E-state index contributed by atoms with van der Waals surface area (Å²) in [7, 11) is 0. The summed E-state index contributed by atoms with van der Waals surface area (Å²) in [6, 6.07) is 10.5. The maximum absolute atomic E-state index is 13.2. The Kier molecular flexibility index (Phi) is 4.14. The van der Waals surface area contributed by atoms with Gasteiger partial charge in [-0.15, -0.1) is 5.10 Å². The standard InChI is InChI=1S/C18H9F3N4O4/c19-18(20,21)12-7-3-4-8-14(12)24-9-13(22-23-24)17(28)29-25-15(26)10-5-1-2-6-11(10)16(25)27/h1-9H. The molecule has 0 aliphatic carbocycles. The first-order valence-corrected chi connectivity index (χ1v) is 8.06. The van der Waals surface area contributed by atoms with Gasteiger partial charge in [0.25, 0.3) is 11.8 Å². The van der Waals surface area contributed by atoms with Crippen LogP contribution in [0.5, 0.6) is 0 Å². The highest BCUT2D eigenvalue weighted by Gasteiger charge is 2.39. The summed E-state index contributed by atoms with van der Waals surface area (Å²) in [4.78, 5) is 41.5. The SMILES string of the molecule is O=C(ON1C(=O)c2ccccc2C1=O)c1cn(-c2ccccc2C(F)(F)F)nn1. The summed E-state index contributed by atoms with van der Waals surface area (Å²) in [6.45, 7) is 0. The summed E-state index contributed by atoms with van der Waals surface area (Å²) in [6.07, 6.45) is -3.74. The Labute approximate surface area is 160 Å². The van der Waals surface area contributed by atoms with Gasteiger partial charge in [0.05, 0.1) is 28.6 Å². The summed E-state index contributed by atoms with van der Waals surface area (Å²) in [5.74, 6) is -2.90. The van der Waals surface area contributed by atoms with Crippen molar-refractivity contribution in [1.29, 1.82) is 0 Å². The third-order valence-electron chi connectivity index (χ3n) is 4.09. The molecule has 0 saturated carbocycles. The number of nitrogens with zero attached hydrogens (tertiary/aromatic N) is 4. The number of hydrogen-bond acceptors (Lipinski definition) is 6. The fraction of sp³-hybridized carbons (Fsp3) is 0.0556. The highest BCUT2D eigenvalue weighted by atomic mass is 19.4. The molecule has 1 aliphatic heterocycles.